The minimum Gasteiger partial charge on any atom is -0.480 e. The van der Waals surface area contributed by atoms with Gasteiger partial charge in [0.15, 0.2) is 0 Å². The van der Waals surface area contributed by atoms with Crippen LogP contribution in [-0.4, -0.2) is 27.9 Å². The Morgan fingerprint density at radius 1 is 1.43 bits per heavy atom. The van der Waals surface area contributed by atoms with Crippen LogP contribution in [0.5, 0.6) is 0 Å². The summed E-state index contributed by atoms with van der Waals surface area (Å²) in [6, 6.07) is 3.06. The van der Waals surface area contributed by atoms with Gasteiger partial charge in [0.25, 0.3) is 11.6 Å². The molecule has 0 saturated carbocycles. The molecule has 2 atom stereocenters. The van der Waals surface area contributed by atoms with Crippen molar-refractivity contribution in [1.82, 2.24) is 5.32 Å². The summed E-state index contributed by atoms with van der Waals surface area (Å²) in [7, 11) is 0. The van der Waals surface area contributed by atoms with E-state index in [1.807, 2.05) is 6.92 Å². The summed E-state index contributed by atoms with van der Waals surface area (Å²) in [5.41, 5.74) is 0.210. The molecule has 0 aliphatic carbocycles. The number of hydrogen-bond acceptors (Lipinski definition) is 4. The second-order valence-corrected chi connectivity index (χ2v) is 4.95. The molecule has 1 aromatic rings. The fourth-order valence-electron chi connectivity index (χ4n) is 1.89. The maximum atomic E-state index is 12.2. The number of amides is 1. The molecule has 0 unspecified atom stereocenters. The lowest BCUT2D eigenvalue weighted by Crippen LogP contribution is -2.45. The van der Waals surface area contributed by atoms with E-state index in [2.05, 4.69) is 5.32 Å². The highest BCUT2D eigenvalue weighted by atomic mass is 16.6. The van der Waals surface area contributed by atoms with Gasteiger partial charge in [0.2, 0.25) is 0 Å². The van der Waals surface area contributed by atoms with Crippen LogP contribution in [0.15, 0.2) is 18.2 Å². The van der Waals surface area contributed by atoms with Crippen LogP contribution in [0, 0.1) is 23.0 Å². The monoisotopic (exact) mass is 294 g/mol. The van der Waals surface area contributed by atoms with Crippen molar-refractivity contribution >= 4 is 17.6 Å². The zero-order valence-electron chi connectivity index (χ0n) is 12.1. The van der Waals surface area contributed by atoms with E-state index < -0.39 is 22.8 Å². The molecule has 1 rings (SSSR count). The number of carboxylic acid groups (broad SMARTS) is 1. The van der Waals surface area contributed by atoms with E-state index in [9.17, 15) is 19.7 Å². The van der Waals surface area contributed by atoms with Crippen LogP contribution in [0.2, 0.25) is 0 Å². The molecule has 1 amide bonds. The normalized spacial score (nSPS) is 13.3. The SMILES string of the molecule is CC[C@H](C)[C@H](NC(=O)c1cc(C)ccc1[N+](=O)[O-])C(=O)O. The molecule has 21 heavy (non-hydrogen) atoms. The molecule has 1 aromatic carbocycles. The molecule has 0 aromatic heterocycles. The van der Waals surface area contributed by atoms with Crippen LogP contribution in [0.25, 0.3) is 0 Å². The maximum Gasteiger partial charge on any atom is 0.326 e. The van der Waals surface area contributed by atoms with Crippen LogP contribution in [-0.2, 0) is 4.79 Å². The molecule has 0 saturated heterocycles. The van der Waals surface area contributed by atoms with Gasteiger partial charge in [0.1, 0.15) is 11.6 Å². The van der Waals surface area contributed by atoms with Crippen molar-refractivity contribution in [2.75, 3.05) is 0 Å². The molecule has 2 N–H and O–H groups in total. The van der Waals surface area contributed by atoms with Gasteiger partial charge in [0.05, 0.1) is 4.92 Å². The average molecular weight is 294 g/mol. The fraction of sp³-hybridized carbons (Fsp3) is 0.429. The highest BCUT2D eigenvalue weighted by Crippen LogP contribution is 2.20. The molecule has 7 heteroatoms. The topological polar surface area (TPSA) is 110 Å². The third kappa shape index (κ3) is 4.01. The van der Waals surface area contributed by atoms with Crippen molar-refractivity contribution in [1.29, 1.82) is 0 Å². The van der Waals surface area contributed by atoms with Gasteiger partial charge in [-0.05, 0) is 24.5 Å². The van der Waals surface area contributed by atoms with Crippen molar-refractivity contribution in [2.45, 2.75) is 33.2 Å². The summed E-state index contributed by atoms with van der Waals surface area (Å²) in [6.45, 7) is 5.20. The summed E-state index contributed by atoms with van der Waals surface area (Å²) in [5, 5.41) is 22.5. The van der Waals surface area contributed by atoms with E-state index in [1.54, 1.807) is 13.8 Å². The largest absolute Gasteiger partial charge is 0.480 e. The van der Waals surface area contributed by atoms with Gasteiger partial charge in [-0.25, -0.2) is 4.79 Å². The Kier molecular flexibility index (Phi) is 5.40. The van der Waals surface area contributed by atoms with Crippen LogP contribution in [0.4, 0.5) is 5.69 Å². The van der Waals surface area contributed by atoms with E-state index in [0.717, 1.165) is 0 Å². The molecular formula is C14H18N2O5. The van der Waals surface area contributed by atoms with Gasteiger partial charge in [-0.1, -0.05) is 26.3 Å². The van der Waals surface area contributed by atoms with Crippen molar-refractivity contribution in [2.24, 2.45) is 5.92 Å². The lowest BCUT2D eigenvalue weighted by atomic mass is 9.98. The highest BCUT2D eigenvalue weighted by molar-refractivity contribution is 6.00. The zero-order chi connectivity index (χ0) is 16.2. The number of nitrogens with one attached hydrogen (secondary N) is 1. The Hall–Kier alpha value is -2.44. The number of aliphatic carboxylic acids is 1. The average Bonchev–Trinajstić information content (AvgIpc) is 2.42. The Labute approximate surface area is 122 Å². The first-order chi connectivity index (χ1) is 9.77. The number of nitro benzene ring substituents is 1. The molecule has 0 fully saturated rings. The molecular weight excluding hydrogens is 276 g/mol. The van der Waals surface area contributed by atoms with Crippen LogP contribution < -0.4 is 5.32 Å². The van der Waals surface area contributed by atoms with Gasteiger partial charge in [-0.15, -0.1) is 0 Å². The Morgan fingerprint density at radius 3 is 2.52 bits per heavy atom. The number of carboxylic acids is 1. The molecule has 7 nitrogen and oxygen atoms in total. The van der Waals surface area contributed by atoms with Crippen molar-refractivity contribution < 1.29 is 19.6 Å². The Bertz CT molecular complexity index is 570. The number of carbonyl (C=O) groups excluding carboxylic acids is 1. The first-order valence-electron chi connectivity index (χ1n) is 6.56. The smallest absolute Gasteiger partial charge is 0.326 e. The minimum absolute atomic E-state index is 0.130. The number of carbonyl (C=O) groups is 2. The molecule has 0 aliphatic heterocycles. The standard InChI is InChI=1S/C14H18N2O5/c1-4-9(3)12(14(18)19)15-13(17)10-7-8(2)5-6-11(10)16(20)21/h5-7,9,12H,4H2,1-3H3,(H,15,17)(H,18,19)/t9-,12-/m0/s1. The van der Waals surface area contributed by atoms with Crippen molar-refractivity contribution in [3.05, 3.63) is 39.4 Å². The third-order valence-electron chi connectivity index (χ3n) is 3.36. The predicted molar refractivity (Wildman–Crippen MR) is 76.2 cm³/mol. The molecule has 0 spiro atoms. The number of benzene rings is 1. The number of nitro groups is 1. The van der Waals surface area contributed by atoms with Gasteiger partial charge >= 0.3 is 5.97 Å². The zero-order valence-corrected chi connectivity index (χ0v) is 12.1. The number of nitrogens with zero attached hydrogens (tertiary/aromatic N) is 1. The van der Waals surface area contributed by atoms with Crippen LogP contribution in [0.1, 0.15) is 36.2 Å². The second kappa shape index (κ2) is 6.83. The highest BCUT2D eigenvalue weighted by Gasteiger charge is 2.28. The quantitative estimate of drug-likeness (QED) is 0.617. The summed E-state index contributed by atoms with van der Waals surface area (Å²) < 4.78 is 0. The number of rotatable bonds is 6. The van der Waals surface area contributed by atoms with Gasteiger partial charge in [0, 0.05) is 6.07 Å². The van der Waals surface area contributed by atoms with E-state index in [1.165, 1.54) is 18.2 Å². The van der Waals surface area contributed by atoms with Crippen LogP contribution >= 0.6 is 0 Å². The van der Waals surface area contributed by atoms with E-state index >= 15 is 0 Å². The minimum atomic E-state index is -1.16. The second-order valence-electron chi connectivity index (χ2n) is 4.95. The summed E-state index contributed by atoms with van der Waals surface area (Å²) in [5.74, 6) is -2.19. The fourth-order valence-corrected chi connectivity index (χ4v) is 1.89. The predicted octanol–water partition coefficient (Wildman–Crippen LogP) is 2.13. The first-order valence-corrected chi connectivity index (χ1v) is 6.56. The molecule has 0 aliphatic rings. The first kappa shape index (κ1) is 16.6. The summed E-state index contributed by atoms with van der Waals surface area (Å²) >= 11 is 0. The molecule has 114 valence electrons. The van der Waals surface area contributed by atoms with Crippen LogP contribution in [0.3, 0.4) is 0 Å². The maximum absolute atomic E-state index is 12.2. The number of hydrogen-bond donors (Lipinski definition) is 2. The third-order valence-corrected chi connectivity index (χ3v) is 3.36. The molecule has 0 radical (unpaired) electrons. The molecule has 0 heterocycles. The van der Waals surface area contributed by atoms with Gasteiger partial charge in [-0.3, -0.25) is 14.9 Å². The Morgan fingerprint density at radius 2 is 2.05 bits per heavy atom. The van der Waals surface area contributed by atoms with Gasteiger partial charge in [-0.2, -0.15) is 0 Å². The summed E-state index contributed by atoms with van der Waals surface area (Å²) in [4.78, 5) is 33.7. The van der Waals surface area contributed by atoms with Gasteiger partial charge < -0.3 is 10.4 Å². The molecule has 0 bridgehead atoms. The Balaban J connectivity index is 3.11. The van der Waals surface area contributed by atoms with E-state index in [-0.39, 0.29) is 17.2 Å². The lowest BCUT2D eigenvalue weighted by Gasteiger charge is -2.20. The van der Waals surface area contributed by atoms with Crippen molar-refractivity contribution in [3.63, 3.8) is 0 Å². The lowest BCUT2D eigenvalue weighted by molar-refractivity contribution is -0.385. The van der Waals surface area contributed by atoms with Crippen molar-refractivity contribution in [3.8, 4) is 0 Å². The van der Waals surface area contributed by atoms with E-state index in [4.69, 9.17) is 5.11 Å². The summed E-state index contributed by atoms with van der Waals surface area (Å²) in [6.07, 6.45) is 0.563. The number of aryl methyl sites for hydroxylation is 1. The van der Waals surface area contributed by atoms with E-state index in [0.29, 0.717) is 12.0 Å².